The highest BCUT2D eigenvalue weighted by Crippen LogP contribution is 2.35. The molecule has 0 radical (unpaired) electrons. The number of benzene rings is 1. The average molecular weight is 397 g/mol. The maximum Gasteiger partial charge on any atom is 0.412 e. The van der Waals surface area contributed by atoms with Gasteiger partial charge in [-0.05, 0) is 44.5 Å². The molecule has 0 aliphatic rings. The second kappa shape index (κ2) is 6.72. The third-order valence-corrected chi connectivity index (χ3v) is 4.37. The molecule has 2 aromatic rings. The first-order chi connectivity index (χ1) is 10.7. The number of rotatable bonds is 3. The summed E-state index contributed by atoms with van der Waals surface area (Å²) in [6, 6.07) is 9.02. The van der Waals surface area contributed by atoms with Crippen molar-refractivity contribution in [3.63, 3.8) is 0 Å². The van der Waals surface area contributed by atoms with Crippen LogP contribution >= 0.6 is 27.3 Å². The van der Waals surface area contributed by atoms with Gasteiger partial charge in [-0.3, -0.25) is 5.32 Å². The van der Waals surface area contributed by atoms with Crippen LogP contribution in [0.2, 0.25) is 0 Å². The largest absolute Gasteiger partial charge is 0.544 e. The molecular formula is C16H15BrNO4S-. The number of hydrogen-bond acceptors (Lipinski definition) is 5. The van der Waals surface area contributed by atoms with E-state index in [4.69, 9.17) is 4.74 Å². The summed E-state index contributed by atoms with van der Waals surface area (Å²) < 4.78 is 6.06. The Bertz CT molecular complexity index is 732. The predicted molar refractivity (Wildman–Crippen MR) is 91.6 cm³/mol. The molecule has 1 amide bonds. The summed E-state index contributed by atoms with van der Waals surface area (Å²) in [7, 11) is 0. The van der Waals surface area contributed by atoms with Gasteiger partial charge < -0.3 is 14.6 Å². The minimum atomic E-state index is -1.34. The van der Waals surface area contributed by atoms with E-state index in [0.29, 0.717) is 4.88 Å². The van der Waals surface area contributed by atoms with Gasteiger partial charge in [0.15, 0.2) is 0 Å². The molecule has 0 unspecified atom stereocenters. The number of carboxylic acid groups (broad SMARTS) is 1. The summed E-state index contributed by atoms with van der Waals surface area (Å²) in [5, 5.41) is 13.8. The van der Waals surface area contributed by atoms with E-state index in [1.165, 1.54) is 0 Å². The highest BCUT2D eigenvalue weighted by atomic mass is 79.9. The van der Waals surface area contributed by atoms with Crippen LogP contribution in [0.5, 0.6) is 0 Å². The summed E-state index contributed by atoms with van der Waals surface area (Å²) >= 11 is 4.39. The quantitative estimate of drug-likeness (QED) is 0.853. The normalized spacial score (nSPS) is 11.1. The molecule has 0 spiro atoms. The Balaban J connectivity index is 2.30. The Morgan fingerprint density at radius 2 is 1.83 bits per heavy atom. The number of thiophene rings is 1. The molecule has 0 saturated heterocycles. The third kappa shape index (κ3) is 4.80. The molecule has 7 heteroatoms. The summed E-state index contributed by atoms with van der Waals surface area (Å²) in [4.78, 5) is 23.8. The number of hydrogen-bond donors (Lipinski definition) is 1. The number of carbonyl (C=O) groups excluding carboxylic acids is 2. The Morgan fingerprint density at radius 3 is 2.35 bits per heavy atom. The van der Waals surface area contributed by atoms with Crippen molar-refractivity contribution in [2.75, 3.05) is 5.32 Å². The van der Waals surface area contributed by atoms with Gasteiger partial charge >= 0.3 is 6.09 Å². The number of carbonyl (C=O) groups is 2. The summed E-state index contributed by atoms with van der Waals surface area (Å²) in [5.41, 5.74) is 0.344. The lowest BCUT2D eigenvalue weighted by Crippen LogP contribution is -2.28. The molecule has 1 heterocycles. The molecule has 5 nitrogen and oxygen atoms in total. The number of aromatic carboxylic acids is 1. The molecule has 1 N–H and O–H groups in total. The van der Waals surface area contributed by atoms with E-state index < -0.39 is 17.7 Å². The van der Waals surface area contributed by atoms with Gasteiger partial charge in [-0.25, -0.2) is 4.79 Å². The monoisotopic (exact) mass is 396 g/mol. The van der Waals surface area contributed by atoms with Crippen LogP contribution in [0.15, 0.2) is 34.8 Å². The number of anilines is 1. The van der Waals surface area contributed by atoms with Crippen LogP contribution in [0.4, 0.5) is 10.5 Å². The molecular weight excluding hydrogens is 382 g/mol. The molecule has 2 rings (SSSR count). The van der Waals surface area contributed by atoms with E-state index in [1.807, 2.05) is 24.3 Å². The Hall–Kier alpha value is -1.86. The van der Waals surface area contributed by atoms with Crippen molar-refractivity contribution in [3.8, 4) is 10.4 Å². The van der Waals surface area contributed by atoms with Gasteiger partial charge in [0.1, 0.15) is 5.60 Å². The Morgan fingerprint density at radius 1 is 1.22 bits per heavy atom. The lowest BCUT2D eigenvalue weighted by molar-refractivity contribution is -0.254. The first kappa shape index (κ1) is 17.5. The fourth-order valence-electron chi connectivity index (χ4n) is 1.81. The van der Waals surface area contributed by atoms with Crippen molar-refractivity contribution in [2.45, 2.75) is 26.4 Å². The fourth-order valence-corrected chi connectivity index (χ4v) is 3.02. The van der Waals surface area contributed by atoms with E-state index in [-0.39, 0.29) is 10.6 Å². The van der Waals surface area contributed by atoms with Gasteiger partial charge in [-0.2, -0.15) is 0 Å². The Labute approximate surface area is 146 Å². The van der Waals surface area contributed by atoms with Gasteiger partial charge in [0, 0.05) is 9.35 Å². The zero-order chi connectivity index (χ0) is 17.2. The topological polar surface area (TPSA) is 78.5 Å². The zero-order valence-electron chi connectivity index (χ0n) is 12.8. The maximum atomic E-state index is 11.8. The van der Waals surface area contributed by atoms with E-state index >= 15 is 0 Å². The van der Waals surface area contributed by atoms with Crippen molar-refractivity contribution in [3.05, 3.63) is 39.7 Å². The zero-order valence-corrected chi connectivity index (χ0v) is 15.2. The highest BCUT2D eigenvalue weighted by Gasteiger charge is 2.19. The first-order valence-corrected chi connectivity index (χ1v) is 8.38. The third-order valence-electron chi connectivity index (χ3n) is 2.68. The van der Waals surface area contributed by atoms with Crippen LogP contribution in [-0.2, 0) is 4.74 Å². The molecule has 0 bridgehead atoms. The van der Waals surface area contributed by atoms with Crippen LogP contribution < -0.4 is 10.4 Å². The van der Waals surface area contributed by atoms with Gasteiger partial charge in [-0.1, -0.05) is 28.1 Å². The minimum absolute atomic E-state index is 0.0474. The number of amides is 1. The smallest absolute Gasteiger partial charge is 0.412 e. The molecule has 1 aromatic heterocycles. The predicted octanol–water partition coefficient (Wildman–Crippen LogP) is 3.89. The number of ether oxygens (including phenoxy) is 1. The standard InChI is InChI=1S/C16H16BrNO4S/c1-16(2,3)22-15(21)18-11-8-12(23-13(11)14(19)20)9-4-6-10(17)7-5-9/h4-8H,1-3H3,(H,18,21)(H,19,20)/p-1. The lowest BCUT2D eigenvalue weighted by atomic mass is 10.2. The lowest BCUT2D eigenvalue weighted by Gasteiger charge is -2.19. The minimum Gasteiger partial charge on any atom is -0.544 e. The summed E-state index contributed by atoms with van der Waals surface area (Å²) in [6.07, 6.45) is -0.708. The van der Waals surface area contributed by atoms with E-state index in [0.717, 1.165) is 21.4 Å². The van der Waals surface area contributed by atoms with Crippen LogP contribution in [0.25, 0.3) is 10.4 Å². The van der Waals surface area contributed by atoms with Crippen molar-refractivity contribution < 1.29 is 19.4 Å². The van der Waals surface area contributed by atoms with E-state index in [1.54, 1.807) is 26.8 Å². The molecule has 122 valence electrons. The SMILES string of the molecule is CC(C)(C)OC(=O)Nc1cc(-c2ccc(Br)cc2)sc1C(=O)[O-]. The molecule has 0 saturated carbocycles. The summed E-state index contributed by atoms with van der Waals surface area (Å²) in [6.45, 7) is 5.19. The number of nitrogens with one attached hydrogen (secondary N) is 1. The second-order valence-electron chi connectivity index (χ2n) is 5.77. The van der Waals surface area contributed by atoms with E-state index in [2.05, 4.69) is 21.2 Å². The highest BCUT2D eigenvalue weighted by molar-refractivity contribution is 9.10. The maximum absolute atomic E-state index is 11.8. The van der Waals surface area contributed by atoms with Crippen LogP contribution in [0.1, 0.15) is 30.4 Å². The van der Waals surface area contributed by atoms with Crippen LogP contribution in [-0.4, -0.2) is 17.7 Å². The Kier molecular flexibility index (Phi) is 5.11. The van der Waals surface area contributed by atoms with Gasteiger partial charge in [0.25, 0.3) is 0 Å². The van der Waals surface area contributed by atoms with Crippen molar-refractivity contribution in [2.24, 2.45) is 0 Å². The molecule has 1 aromatic carbocycles. The molecule has 0 atom stereocenters. The number of halogens is 1. The van der Waals surface area contributed by atoms with Crippen molar-refractivity contribution >= 4 is 45.0 Å². The van der Waals surface area contributed by atoms with E-state index in [9.17, 15) is 14.7 Å². The average Bonchev–Trinajstić information content (AvgIpc) is 2.81. The van der Waals surface area contributed by atoms with Gasteiger partial charge in [0.2, 0.25) is 0 Å². The van der Waals surface area contributed by atoms with Crippen LogP contribution in [0, 0.1) is 0 Å². The summed E-state index contributed by atoms with van der Waals surface area (Å²) in [5.74, 6) is -1.34. The number of carboxylic acids is 1. The molecule has 0 fully saturated rings. The van der Waals surface area contributed by atoms with Gasteiger partial charge in [0.05, 0.1) is 16.5 Å². The van der Waals surface area contributed by atoms with Gasteiger partial charge in [-0.15, -0.1) is 11.3 Å². The first-order valence-electron chi connectivity index (χ1n) is 6.77. The second-order valence-corrected chi connectivity index (χ2v) is 7.74. The van der Waals surface area contributed by atoms with Crippen LogP contribution in [0.3, 0.4) is 0 Å². The van der Waals surface area contributed by atoms with Crippen molar-refractivity contribution in [1.29, 1.82) is 0 Å². The van der Waals surface area contributed by atoms with Crippen molar-refractivity contribution in [1.82, 2.24) is 0 Å². The molecule has 0 aliphatic carbocycles. The fraction of sp³-hybridized carbons (Fsp3) is 0.250. The molecule has 0 aliphatic heterocycles. The molecule has 23 heavy (non-hydrogen) atoms.